The van der Waals surface area contributed by atoms with Gasteiger partial charge in [0, 0.05) is 45.0 Å². The second-order valence-corrected chi connectivity index (χ2v) is 6.44. The summed E-state index contributed by atoms with van der Waals surface area (Å²) in [4.78, 5) is 16.5. The first kappa shape index (κ1) is 16.2. The number of rotatable bonds is 3. The number of ether oxygens (including phenoxy) is 1. The monoisotopic (exact) mass is 321 g/mol. The van der Waals surface area contributed by atoms with Gasteiger partial charge in [-0.2, -0.15) is 0 Å². The van der Waals surface area contributed by atoms with Gasteiger partial charge in [0.05, 0.1) is 12.5 Å². The summed E-state index contributed by atoms with van der Waals surface area (Å²) in [5, 5.41) is 0. The second kappa shape index (κ2) is 6.84. The molecule has 2 heterocycles. The predicted octanol–water partition coefficient (Wildman–Crippen LogP) is 1.40. The fraction of sp³-hybridized carbons (Fsp3) is 0.588. The maximum atomic E-state index is 13.5. The van der Waals surface area contributed by atoms with E-state index in [0.717, 1.165) is 43.7 Å². The second-order valence-electron chi connectivity index (χ2n) is 6.44. The van der Waals surface area contributed by atoms with Crippen molar-refractivity contribution in [3.05, 3.63) is 29.1 Å². The number of halogens is 1. The Labute approximate surface area is 136 Å². The average molecular weight is 321 g/mol. The summed E-state index contributed by atoms with van der Waals surface area (Å²) in [6.45, 7) is 6.88. The van der Waals surface area contributed by atoms with Crippen LogP contribution in [0.1, 0.15) is 17.5 Å². The number of hydrogen-bond donors (Lipinski definition) is 1. The number of nitrogens with zero attached hydrogens (tertiary/aromatic N) is 2. The summed E-state index contributed by atoms with van der Waals surface area (Å²) in [5.74, 6) is -0.0433. The summed E-state index contributed by atoms with van der Waals surface area (Å²) in [5.41, 5.74) is 8.19. The van der Waals surface area contributed by atoms with Gasteiger partial charge in [0.2, 0.25) is 5.91 Å². The molecule has 0 bridgehead atoms. The summed E-state index contributed by atoms with van der Waals surface area (Å²) < 4.78 is 18.8. The fourth-order valence-electron chi connectivity index (χ4n) is 3.28. The van der Waals surface area contributed by atoms with Gasteiger partial charge in [-0.25, -0.2) is 4.39 Å². The average Bonchev–Trinajstić information content (AvgIpc) is 3.06. The maximum Gasteiger partial charge on any atom is 0.228 e. The van der Waals surface area contributed by atoms with Crippen molar-refractivity contribution in [1.29, 1.82) is 0 Å². The summed E-state index contributed by atoms with van der Waals surface area (Å²) in [6, 6.07) is 2.91. The molecule has 6 heteroatoms. The van der Waals surface area contributed by atoms with Gasteiger partial charge in [-0.3, -0.25) is 9.69 Å². The number of hydrogen-bond acceptors (Lipinski definition) is 4. The summed E-state index contributed by atoms with van der Waals surface area (Å²) in [7, 11) is 0. The zero-order chi connectivity index (χ0) is 16.4. The van der Waals surface area contributed by atoms with Crippen LogP contribution in [-0.2, 0) is 16.1 Å². The van der Waals surface area contributed by atoms with E-state index in [9.17, 15) is 9.18 Å². The third-order valence-corrected chi connectivity index (χ3v) is 4.88. The van der Waals surface area contributed by atoms with Crippen molar-refractivity contribution < 1.29 is 13.9 Å². The highest BCUT2D eigenvalue weighted by Crippen LogP contribution is 2.21. The van der Waals surface area contributed by atoms with Crippen LogP contribution in [0, 0.1) is 18.7 Å². The Balaban J connectivity index is 1.56. The number of piperazine rings is 1. The van der Waals surface area contributed by atoms with Crippen LogP contribution in [0.2, 0.25) is 0 Å². The number of nitrogens with two attached hydrogens (primary N) is 1. The Bertz CT molecular complexity index is 579. The molecular formula is C17H24FN3O2. The number of carbonyl (C=O) groups excluding carboxylic acids is 1. The molecule has 0 radical (unpaired) electrons. The number of anilines is 1. The van der Waals surface area contributed by atoms with E-state index in [1.54, 1.807) is 6.07 Å². The zero-order valence-corrected chi connectivity index (χ0v) is 13.6. The van der Waals surface area contributed by atoms with Crippen molar-refractivity contribution in [1.82, 2.24) is 9.80 Å². The minimum absolute atomic E-state index is 0.0341. The highest BCUT2D eigenvalue weighted by molar-refractivity contribution is 5.79. The van der Waals surface area contributed by atoms with Crippen LogP contribution in [0.4, 0.5) is 10.1 Å². The highest BCUT2D eigenvalue weighted by Gasteiger charge is 2.30. The van der Waals surface area contributed by atoms with Crippen molar-refractivity contribution in [2.45, 2.75) is 19.9 Å². The lowest BCUT2D eigenvalue weighted by Crippen LogP contribution is -2.50. The SMILES string of the molecule is Cc1c(N)cc(F)cc1CN1CCN(C(=O)C2CCOC2)CC1. The molecule has 1 aromatic rings. The van der Waals surface area contributed by atoms with E-state index in [0.29, 0.717) is 25.4 Å². The van der Waals surface area contributed by atoms with E-state index in [4.69, 9.17) is 10.5 Å². The molecule has 2 aliphatic heterocycles. The third-order valence-electron chi connectivity index (χ3n) is 4.88. The molecule has 3 rings (SSSR count). The van der Waals surface area contributed by atoms with Crippen molar-refractivity contribution in [2.75, 3.05) is 45.1 Å². The van der Waals surface area contributed by atoms with Gasteiger partial charge >= 0.3 is 0 Å². The summed E-state index contributed by atoms with van der Waals surface area (Å²) in [6.07, 6.45) is 0.834. The molecule has 1 unspecified atom stereocenters. The quantitative estimate of drug-likeness (QED) is 0.855. The number of benzene rings is 1. The van der Waals surface area contributed by atoms with Gasteiger partial charge < -0.3 is 15.4 Å². The Morgan fingerprint density at radius 1 is 1.35 bits per heavy atom. The van der Waals surface area contributed by atoms with E-state index in [2.05, 4.69) is 4.90 Å². The fourth-order valence-corrected chi connectivity index (χ4v) is 3.28. The first-order valence-electron chi connectivity index (χ1n) is 8.18. The van der Waals surface area contributed by atoms with Crippen LogP contribution in [0.5, 0.6) is 0 Å². The lowest BCUT2D eigenvalue weighted by molar-refractivity contribution is -0.137. The van der Waals surface area contributed by atoms with Crippen molar-refractivity contribution in [3.63, 3.8) is 0 Å². The van der Waals surface area contributed by atoms with E-state index < -0.39 is 0 Å². The molecule has 2 N–H and O–H groups in total. The van der Waals surface area contributed by atoms with Crippen molar-refractivity contribution in [2.24, 2.45) is 5.92 Å². The molecule has 0 saturated carbocycles. The van der Waals surface area contributed by atoms with Crippen LogP contribution in [0.3, 0.4) is 0 Å². The molecule has 1 aromatic carbocycles. The molecule has 2 fully saturated rings. The van der Waals surface area contributed by atoms with Crippen molar-refractivity contribution >= 4 is 11.6 Å². The van der Waals surface area contributed by atoms with Crippen LogP contribution in [-0.4, -0.2) is 55.1 Å². The van der Waals surface area contributed by atoms with E-state index >= 15 is 0 Å². The zero-order valence-electron chi connectivity index (χ0n) is 13.6. The molecule has 0 aliphatic carbocycles. The first-order chi connectivity index (χ1) is 11.0. The minimum atomic E-state index is -0.293. The third kappa shape index (κ3) is 3.64. The van der Waals surface area contributed by atoms with Crippen molar-refractivity contribution in [3.8, 4) is 0 Å². The van der Waals surface area contributed by atoms with E-state index in [1.165, 1.54) is 6.07 Å². The van der Waals surface area contributed by atoms with Crippen LogP contribution in [0.25, 0.3) is 0 Å². The van der Waals surface area contributed by atoms with Gasteiger partial charge in [0.1, 0.15) is 5.82 Å². The van der Waals surface area contributed by atoms with E-state index in [-0.39, 0.29) is 17.6 Å². The number of amides is 1. The van der Waals surface area contributed by atoms with Crippen LogP contribution >= 0.6 is 0 Å². The standard InChI is InChI=1S/C17H24FN3O2/c1-12-14(8-15(18)9-16(12)19)10-20-3-5-21(6-4-20)17(22)13-2-7-23-11-13/h8-9,13H,2-7,10-11,19H2,1H3. The smallest absolute Gasteiger partial charge is 0.228 e. The van der Waals surface area contributed by atoms with Gasteiger partial charge in [-0.1, -0.05) is 0 Å². The lowest BCUT2D eigenvalue weighted by atomic mass is 10.0. The molecule has 5 nitrogen and oxygen atoms in total. The molecule has 2 aliphatic rings. The normalized spacial score (nSPS) is 22.5. The molecule has 23 heavy (non-hydrogen) atoms. The topological polar surface area (TPSA) is 58.8 Å². The van der Waals surface area contributed by atoms with Crippen LogP contribution < -0.4 is 5.73 Å². The molecular weight excluding hydrogens is 297 g/mol. The van der Waals surface area contributed by atoms with Gasteiger partial charge in [-0.05, 0) is 36.6 Å². The van der Waals surface area contributed by atoms with Gasteiger partial charge in [0.15, 0.2) is 0 Å². The molecule has 1 amide bonds. The number of carbonyl (C=O) groups is 1. The van der Waals surface area contributed by atoms with E-state index in [1.807, 2.05) is 11.8 Å². The maximum absolute atomic E-state index is 13.5. The molecule has 126 valence electrons. The van der Waals surface area contributed by atoms with Gasteiger partial charge in [-0.15, -0.1) is 0 Å². The lowest BCUT2D eigenvalue weighted by Gasteiger charge is -2.36. The highest BCUT2D eigenvalue weighted by atomic mass is 19.1. The Hall–Kier alpha value is -1.66. The Morgan fingerprint density at radius 3 is 2.74 bits per heavy atom. The number of nitrogen functional groups attached to an aromatic ring is 1. The van der Waals surface area contributed by atoms with Crippen LogP contribution in [0.15, 0.2) is 12.1 Å². The van der Waals surface area contributed by atoms with Gasteiger partial charge in [0.25, 0.3) is 0 Å². The minimum Gasteiger partial charge on any atom is -0.398 e. The Morgan fingerprint density at radius 2 is 2.09 bits per heavy atom. The molecule has 0 spiro atoms. The molecule has 2 saturated heterocycles. The first-order valence-corrected chi connectivity index (χ1v) is 8.18. The summed E-state index contributed by atoms with van der Waals surface area (Å²) >= 11 is 0. The predicted molar refractivity (Wildman–Crippen MR) is 86.3 cm³/mol. The Kier molecular flexibility index (Phi) is 4.82. The molecule has 1 atom stereocenters. The largest absolute Gasteiger partial charge is 0.398 e. The molecule has 0 aromatic heterocycles.